The third-order valence-electron chi connectivity index (χ3n) is 6.29. The van der Waals surface area contributed by atoms with E-state index >= 15 is 0 Å². The van der Waals surface area contributed by atoms with Crippen molar-refractivity contribution in [3.05, 3.63) is 53.1 Å². The van der Waals surface area contributed by atoms with E-state index in [-0.39, 0.29) is 17.4 Å². The molecule has 2 aliphatic rings. The van der Waals surface area contributed by atoms with E-state index in [1.807, 2.05) is 41.0 Å². The number of H-pyrrole nitrogens is 1. The third kappa shape index (κ3) is 3.44. The minimum atomic E-state index is -0.273. The van der Waals surface area contributed by atoms with Crippen LogP contribution < -0.4 is 0 Å². The van der Waals surface area contributed by atoms with Gasteiger partial charge in [-0.3, -0.25) is 9.59 Å². The van der Waals surface area contributed by atoms with Crippen LogP contribution in [0.2, 0.25) is 0 Å². The number of hydrogen-bond donors (Lipinski definition) is 1. The number of aromatic amines is 1. The van der Waals surface area contributed by atoms with Gasteiger partial charge in [-0.05, 0) is 37.3 Å². The Hall–Kier alpha value is -2.67. The zero-order valence-corrected chi connectivity index (χ0v) is 17.1. The van der Waals surface area contributed by atoms with Crippen molar-refractivity contribution >= 4 is 11.8 Å². The number of rotatable bonds is 5. The lowest BCUT2D eigenvalue weighted by Gasteiger charge is -2.55. The van der Waals surface area contributed by atoms with Crippen molar-refractivity contribution in [1.29, 1.82) is 0 Å². The Bertz CT molecular complexity index is 903. The van der Waals surface area contributed by atoms with E-state index in [1.165, 1.54) is 0 Å². The minimum Gasteiger partial charge on any atom is -0.380 e. The summed E-state index contributed by atoms with van der Waals surface area (Å²) in [7, 11) is 1.63. The SMILES string of the molecule is CCc1[nH]cnc1C(=O)N1CCN(C(=O)c2ccccc2COC)CC12CCC2. The molecule has 1 saturated heterocycles. The number of amides is 2. The molecule has 1 aromatic carbocycles. The molecule has 2 heterocycles. The van der Waals surface area contributed by atoms with Crippen LogP contribution in [0.25, 0.3) is 0 Å². The first-order valence-electron chi connectivity index (χ1n) is 10.3. The van der Waals surface area contributed by atoms with Crippen LogP contribution in [0.3, 0.4) is 0 Å². The topological polar surface area (TPSA) is 78.5 Å². The summed E-state index contributed by atoms with van der Waals surface area (Å²) < 4.78 is 5.26. The fourth-order valence-corrected chi connectivity index (χ4v) is 4.56. The first kappa shape index (κ1) is 19.6. The number of carbonyl (C=O) groups is 2. The first-order valence-corrected chi connectivity index (χ1v) is 10.3. The number of hydrogen-bond acceptors (Lipinski definition) is 4. The Morgan fingerprint density at radius 3 is 2.69 bits per heavy atom. The normalized spacial score (nSPS) is 18.0. The van der Waals surface area contributed by atoms with Crippen LogP contribution in [0.5, 0.6) is 0 Å². The second-order valence-electron chi connectivity index (χ2n) is 7.93. The lowest BCUT2D eigenvalue weighted by atomic mass is 9.73. The molecule has 2 fully saturated rings. The molecule has 2 aromatic rings. The molecule has 7 heteroatoms. The maximum absolute atomic E-state index is 13.3. The lowest BCUT2D eigenvalue weighted by Crippen LogP contribution is -2.67. The average Bonchev–Trinajstić information content (AvgIpc) is 3.20. The number of nitrogens with one attached hydrogen (secondary N) is 1. The second-order valence-corrected chi connectivity index (χ2v) is 7.93. The van der Waals surface area contributed by atoms with Crippen molar-refractivity contribution in [3.63, 3.8) is 0 Å². The molecule has 4 rings (SSSR count). The average molecular weight is 396 g/mol. The molecule has 0 atom stereocenters. The van der Waals surface area contributed by atoms with Crippen LogP contribution in [0.15, 0.2) is 30.6 Å². The fraction of sp³-hybridized carbons (Fsp3) is 0.500. The zero-order chi connectivity index (χ0) is 20.4. The Balaban J connectivity index is 1.56. The standard InChI is InChI=1S/C22H28N4O3/c1-3-18-19(24-15-23-18)21(28)26-12-11-25(14-22(26)9-6-10-22)20(27)17-8-5-4-7-16(17)13-29-2/h4-5,7-8,15H,3,6,9-14H2,1-2H3,(H,23,24). The number of carbonyl (C=O) groups excluding carboxylic acids is 2. The Morgan fingerprint density at radius 1 is 1.21 bits per heavy atom. The lowest BCUT2D eigenvalue weighted by molar-refractivity contribution is -0.0307. The molecule has 2 amide bonds. The Kier molecular flexibility index (Phi) is 5.41. The molecule has 1 spiro atoms. The molecule has 1 aliphatic heterocycles. The van der Waals surface area contributed by atoms with Gasteiger partial charge in [-0.2, -0.15) is 0 Å². The molecule has 0 bridgehead atoms. The van der Waals surface area contributed by atoms with Crippen LogP contribution >= 0.6 is 0 Å². The molecule has 1 aliphatic carbocycles. The van der Waals surface area contributed by atoms with Crippen molar-refractivity contribution in [2.24, 2.45) is 0 Å². The van der Waals surface area contributed by atoms with Gasteiger partial charge in [-0.1, -0.05) is 25.1 Å². The van der Waals surface area contributed by atoms with Crippen LogP contribution in [-0.4, -0.2) is 63.9 Å². The molecule has 154 valence electrons. The van der Waals surface area contributed by atoms with Gasteiger partial charge < -0.3 is 19.5 Å². The Labute approximate surface area is 171 Å². The summed E-state index contributed by atoms with van der Waals surface area (Å²) in [5, 5.41) is 0. The highest BCUT2D eigenvalue weighted by atomic mass is 16.5. The second kappa shape index (κ2) is 7.99. The summed E-state index contributed by atoms with van der Waals surface area (Å²) in [6.45, 7) is 4.05. The van der Waals surface area contributed by atoms with Crippen LogP contribution in [-0.2, 0) is 17.8 Å². The summed E-state index contributed by atoms with van der Waals surface area (Å²) in [5.74, 6) is -0.000257. The fourth-order valence-electron chi connectivity index (χ4n) is 4.56. The summed E-state index contributed by atoms with van der Waals surface area (Å²) in [5.41, 5.74) is 2.69. The molecular formula is C22H28N4O3. The summed E-state index contributed by atoms with van der Waals surface area (Å²) in [4.78, 5) is 37.8. The highest BCUT2D eigenvalue weighted by Gasteiger charge is 2.50. The number of aryl methyl sites for hydroxylation is 1. The molecule has 0 radical (unpaired) electrons. The van der Waals surface area contributed by atoms with E-state index < -0.39 is 0 Å². The molecule has 7 nitrogen and oxygen atoms in total. The number of methoxy groups -OCH3 is 1. The number of aromatic nitrogens is 2. The van der Waals surface area contributed by atoms with E-state index in [0.717, 1.165) is 36.9 Å². The number of benzene rings is 1. The van der Waals surface area contributed by atoms with Crippen LogP contribution in [0.1, 0.15) is 58.3 Å². The number of imidazole rings is 1. The van der Waals surface area contributed by atoms with Gasteiger partial charge in [0.15, 0.2) is 0 Å². The van der Waals surface area contributed by atoms with Gasteiger partial charge in [0, 0.05) is 38.0 Å². The van der Waals surface area contributed by atoms with E-state index in [4.69, 9.17) is 4.74 Å². The van der Waals surface area contributed by atoms with E-state index in [1.54, 1.807) is 13.4 Å². The van der Waals surface area contributed by atoms with E-state index in [2.05, 4.69) is 9.97 Å². The largest absolute Gasteiger partial charge is 0.380 e. The molecule has 1 aromatic heterocycles. The van der Waals surface area contributed by atoms with Crippen molar-refractivity contribution < 1.29 is 14.3 Å². The monoisotopic (exact) mass is 396 g/mol. The maximum atomic E-state index is 13.3. The van der Waals surface area contributed by atoms with Gasteiger partial charge in [0.2, 0.25) is 0 Å². The van der Waals surface area contributed by atoms with E-state index in [9.17, 15) is 9.59 Å². The summed E-state index contributed by atoms with van der Waals surface area (Å²) >= 11 is 0. The molecule has 1 saturated carbocycles. The van der Waals surface area contributed by atoms with Gasteiger partial charge in [0.05, 0.1) is 18.5 Å². The molecular weight excluding hydrogens is 368 g/mol. The smallest absolute Gasteiger partial charge is 0.274 e. The van der Waals surface area contributed by atoms with Crippen molar-refractivity contribution in [2.45, 2.75) is 44.8 Å². The van der Waals surface area contributed by atoms with Crippen molar-refractivity contribution in [1.82, 2.24) is 19.8 Å². The number of nitrogens with zero attached hydrogens (tertiary/aromatic N) is 3. The van der Waals surface area contributed by atoms with E-state index in [0.29, 0.717) is 37.5 Å². The van der Waals surface area contributed by atoms with Crippen LogP contribution in [0, 0.1) is 0 Å². The highest BCUT2D eigenvalue weighted by Crippen LogP contribution is 2.41. The highest BCUT2D eigenvalue weighted by molar-refractivity contribution is 5.97. The predicted molar refractivity (Wildman–Crippen MR) is 109 cm³/mol. The van der Waals surface area contributed by atoms with Crippen LogP contribution in [0.4, 0.5) is 0 Å². The quantitative estimate of drug-likeness (QED) is 0.843. The van der Waals surface area contributed by atoms with Crippen molar-refractivity contribution in [3.8, 4) is 0 Å². The maximum Gasteiger partial charge on any atom is 0.274 e. The number of piperazine rings is 1. The third-order valence-corrected chi connectivity index (χ3v) is 6.29. The summed E-state index contributed by atoms with van der Waals surface area (Å²) in [6.07, 6.45) is 5.25. The van der Waals surface area contributed by atoms with Gasteiger partial charge in [-0.15, -0.1) is 0 Å². The molecule has 29 heavy (non-hydrogen) atoms. The summed E-state index contributed by atoms with van der Waals surface area (Å²) in [6, 6.07) is 7.60. The van der Waals surface area contributed by atoms with Gasteiger partial charge >= 0.3 is 0 Å². The molecule has 1 N–H and O–H groups in total. The van der Waals surface area contributed by atoms with Gasteiger partial charge in [-0.25, -0.2) is 4.98 Å². The minimum absolute atomic E-state index is 0.0186. The zero-order valence-electron chi connectivity index (χ0n) is 17.1. The molecule has 0 unspecified atom stereocenters. The van der Waals surface area contributed by atoms with Gasteiger partial charge in [0.25, 0.3) is 11.8 Å². The Morgan fingerprint density at radius 2 is 2.00 bits per heavy atom. The predicted octanol–water partition coefficient (Wildman–Crippen LogP) is 2.64. The van der Waals surface area contributed by atoms with Crippen molar-refractivity contribution in [2.75, 3.05) is 26.7 Å². The first-order chi connectivity index (χ1) is 14.1. The van der Waals surface area contributed by atoms with Gasteiger partial charge in [0.1, 0.15) is 5.69 Å². The number of ether oxygens (including phenoxy) is 1.